The molecule has 6 heteroatoms. The number of hydrogen-bond acceptors (Lipinski definition) is 3. The molecule has 0 amide bonds. The Morgan fingerprint density at radius 1 is 0.720 bits per heavy atom. The number of rotatable bonds is 8. The van der Waals surface area contributed by atoms with Crippen molar-refractivity contribution in [3.8, 4) is 0 Å². The summed E-state index contributed by atoms with van der Waals surface area (Å²) in [7, 11) is 3.97. The van der Waals surface area contributed by atoms with E-state index in [9.17, 15) is 0 Å². The van der Waals surface area contributed by atoms with Gasteiger partial charge in [-0.1, -0.05) is 61.5 Å². The second-order valence-electron chi connectivity index (χ2n) is 7.54. The fourth-order valence-corrected chi connectivity index (χ4v) is 9.44. The van der Waals surface area contributed by atoms with Crippen molar-refractivity contribution in [3.63, 3.8) is 0 Å². The van der Waals surface area contributed by atoms with Gasteiger partial charge in [0.1, 0.15) is 11.6 Å². The number of anilines is 2. The number of pyridine rings is 1. The van der Waals surface area contributed by atoms with Gasteiger partial charge in [0.2, 0.25) is 0 Å². The van der Waals surface area contributed by atoms with Crippen LogP contribution in [0.15, 0.2) is 18.2 Å². The predicted octanol–water partition coefficient (Wildman–Crippen LogP) is 6.09. The monoisotopic (exact) mass is 429 g/mol. The summed E-state index contributed by atoms with van der Waals surface area (Å²) in [6.45, 7) is 18.6. The quantitative estimate of drug-likeness (QED) is 0.368. The van der Waals surface area contributed by atoms with Crippen LogP contribution in [0.2, 0.25) is 0 Å². The van der Waals surface area contributed by atoms with Crippen molar-refractivity contribution in [3.05, 3.63) is 18.2 Å². The summed E-state index contributed by atoms with van der Waals surface area (Å²) in [5, 5.41) is 0. The maximum absolute atomic E-state index is 5.03. The Morgan fingerprint density at radius 3 is 1.24 bits per heavy atom. The Balaban J connectivity index is 0. The maximum atomic E-state index is 5.03. The minimum absolute atomic E-state index is 0. The van der Waals surface area contributed by atoms with Gasteiger partial charge in [-0.3, -0.25) is 0 Å². The van der Waals surface area contributed by atoms with E-state index in [0.717, 1.165) is 11.6 Å². The third-order valence-electron chi connectivity index (χ3n) is 4.19. The number of hydrogen-bond donors (Lipinski definition) is 0. The average molecular weight is 429 g/mol. The zero-order valence-electron chi connectivity index (χ0n) is 17.7. The molecule has 0 unspecified atom stereocenters. The molecule has 1 heterocycles. The van der Waals surface area contributed by atoms with Crippen molar-refractivity contribution >= 4 is 27.8 Å². The van der Waals surface area contributed by atoms with Crippen LogP contribution in [0.25, 0.3) is 0 Å². The largest absolute Gasteiger partial charge is 0 e. The third-order valence-corrected chi connectivity index (χ3v) is 10.2. The molecule has 3 nitrogen and oxygen atoms in total. The van der Waals surface area contributed by atoms with Crippen LogP contribution in [-0.2, 0) is 17.1 Å². The summed E-state index contributed by atoms with van der Waals surface area (Å²) in [6, 6.07) is 6.47. The molecule has 0 fully saturated rings. The molecule has 0 spiro atoms. The van der Waals surface area contributed by atoms with Gasteiger partial charge in [0.25, 0.3) is 0 Å². The fraction of sp³-hybridized carbons (Fsp3) is 0.737. The smallest absolute Gasteiger partial charge is 0 e. The van der Waals surface area contributed by atoms with Gasteiger partial charge in [-0.15, -0.1) is 0 Å². The third kappa shape index (κ3) is 6.66. The molecule has 0 aliphatic carbocycles. The first-order chi connectivity index (χ1) is 11.1. The summed E-state index contributed by atoms with van der Waals surface area (Å²) in [4.78, 5) is 5.03. The summed E-state index contributed by atoms with van der Waals surface area (Å²) in [5.41, 5.74) is 2.65. The van der Waals surface area contributed by atoms with E-state index in [-0.39, 0.29) is 34.6 Å². The minimum Gasteiger partial charge on any atom is 0 e. The molecular weight excluding hydrogens is 388 g/mol. The van der Waals surface area contributed by atoms with Gasteiger partial charge in [-0.25, -0.2) is 4.98 Å². The summed E-state index contributed by atoms with van der Waals surface area (Å²) < 4.78 is 4.85. The number of nitrogens with zero attached hydrogens (tertiary/aromatic N) is 3. The van der Waals surface area contributed by atoms with E-state index < -0.39 is 0 Å². The van der Waals surface area contributed by atoms with Gasteiger partial charge in [-0.05, 0) is 50.9 Å². The van der Waals surface area contributed by atoms with E-state index in [1.807, 2.05) is 0 Å². The van der Waals surface area contributed by atoms with E-state index in [2.05, 4.69) is 97.0 Å². The average Bonchev–Trinajstić information content (AvgIpc) is 2.45. The van der Waals surface area contributed by atoms with Crippen LogP contribution in [0.5, 0.6) is 0 Å². The van der Waals surface area contributed by atoms with Gasteiger partial charge >= 0.3 is 17.1 Å². The SMILES string of the molecule is CC(C)P(C(C)C)N(C)c1cccc(N(C)P(C(C)C)C(C)C)n1.[FeH2].[HH]. The molecule has 0 N–H and O–H groups in total. The molecule has 0 aliphatic heterocycles. The molecule has 1 aromatic heterocycles. The van der Waals surface area contributed by atoms with Crippen molar-refractivity contribution < 1.29 is 18.5 Å². The van der Waals surface area contributed by atoms with Crippen molar-refractivity contribution in [1.29, 1.82) is 0 Å². The van der Waals surface area contributed by atoms with E-state index in [4.69, 9.17) is 4.98 Å². The van der Waals surface area contributed by atoms with E-state index in [0.29, 0.717) is 22.6 Å². The summed E-state index contributed by atoms with van der Waals surface area (Å²) >= 11 is 0. The Kier molecular flexibility index (Phi) is 11.1. The normalized spacial score (nSPS) is 11.8. The van der Waals surface area contributed by atoms with E-state index in [1.165, 1.54) is 0 Å². The van der Waals surface area contributed by atoms with Crippen LogP contribution < -0.4 is 9.34 Å². The minimum atomic E-state index is -0.230. The first-order valence-electron chi connectivity index (χ1n) is 9.08. The van der Waals surface area contributed by atoms with Gasteiger partial charge in [0.05, 0.1) is 0 Å². The van der Waals surface area contributed by atoms with Gasteiger partial charge in [-0.2, -0.15) is 0 Å². The van der Waals surface area contributed by atoms with Crippen molar-refractivity contribution in [2.75, 3.05) is 23.4 Å². The van der Waals surface area contributed by atoms with Gasteiger partial charge < -0.3 is 9.34 Å². The second-order valence-corrected chi connectivity index (χ2v) is 14.4. The Labute approximate surface area is 170 Å². The topological polar surface area (TPSA) is 19.4 Å². The van der Waals surface area contributed by atoms with Gasteiger partial charge in [0, 0.05) is 15.5 Å². The maximum Gasteiger partial charge on any atom is 0 e. The van der Waals surface area contributed by atoms with Crippen LogP contribution in [0, 0.1) is 0 Å². The molecule has 0 radical (unpaired) electrons. The fourth-order valence-electron chi connectivity index (χ4n) is 3.59. The zero-order valence-corrected chi connectivity index (χ0v) is 20.7. The summed E-state index contributed by atoms with van der Waals surface area (Å²) in [6.07, 6.45) is 0. The van der Waals surface area contributed by atoms with Crippen molar-refractivity contribution in [1.82, 2.24) is 4.98 Å². The van der Waals surface area contributed by atoms with E-state index >= 15 is 0 Å². The van der Waals surface area contributed by atoms with Crippen LogP contribution in [-0.4, -0.2) is 41.7 Å². The molecule has 0 atom stereocenters. The predicted molar refractivity (Wildman–Crippen MR) is 120 cm³/mol. The number of aromatic nitrogens is 1. The molecule has 25 heavy (non-hydrogen) atoms. The standard InChI is InChI=1S/C19H37N3P2.Fe.H2.2H/c1-14(2)23(15(3)4)21(9)18-12-11-13-19(20-18)22(10)24(16(5)6)17(7)8;;;;/h11-17H,1-10H3;;1H;;. The van der Waals surface area contributed by atoms with Gasteiger partial charge in [0.15, 0.2) is 0 Å². The zero-order chi connectivity index (χ0) is 18.6. The molecule has 0 bridgehead atoms. The van der Waals surface area contributed by atoms with Crippen LogP contribution >= 0.6 is 16.1 Å². The molecule has 0 saturated heterocycles. The van der Waals surface area contributed by atoms with E-state index in [1.54, 1.807) is 0 Å². The molecule has 150 valence electrons. The first-order valence-corrected chi connectivity index (χ1v) is 12.0. The van der Waals surface area contributed by atoms with Crippen molar-refractivity contribution in [2.45, 2.75) is 78.0 Å². The van der Waals surface area contributed by atoms with Crippen molar-refractivity contribution in [2.24, 2.45) is 0 Å². The Bertz CT molecular complexity index is 458. The molecule has 1 aromatic rings. The first kappa shape index (κ1) is 25.1. The molecule has 0 saturated carbocycles. The Hall–Kier alpha value is 0.129. The van der Waals surface area contributed by atoms with Crippen LogP contribution in [0.4, 0.5) is 11.6 Å². The second kappa shape index (κ2) is 11.1. The van der Waals surface area contributed by atoms with Crippen LogP contribution in [0.3, 0.4) is 0 Å². The molecule has 0 aliphatic rings. The molecule has 0 aromatic carbocycles. The molecule has 1 rings (SSSR count). The van der Waals surface area contributed by atoms with Crippen LogP contribution in [0.1, 0.15) is 56.8 Å². The Morgan fingerprint density at radius 2 is 1.00 bits per heavy atom. The summed E-state index contributed by atoms with van der Waals surface area (Å²) in [5.74, 6) is 2.21. The molecular formula is C19H41FeN3P2.